The van der Waals surface area contributed by atoms with E-state index in [2.05, 4.69) is 9.88 Å². The number of aliphatic hydroxyl groups is 1. The summed E-state index contributed by atoms with van der Waals surface area (Å²) in [5.74, 6) is 0. The molecule has 31 heavy (non-hydrogen) atoms. The molecule has 0 aliphatic carbocycles. The zero-order valence-corrected chi connectivity index (χ0v) is 19.4. The van der Waals surface area contributed by atoms with Gasteiger partial charge in [0.1, 0.15) is 0 Å². The van der Waals surface area contributed by atoms with Gasteiger partial charge in [0, 0.05) is 35.8 Å². The van der Waals surface area contributed by atoms with Crippen LogP contribution in [0.3, 0.4) is 0 Å². The van der Waals surface area contributed by atoms with Crippen molar-refractivity contribution in [1.82, 2.24) is 4.98 Å². The molecule has 1 fully saturated rings. The Labute approximate surface area is 192 Å². The minimum Gasteiger partial charge on any atom is -0.392 e. The molecule has 0 bridgehead atoms. The van der Waals surface area contributed by atoms with Gasteiger partial charge in [0.15, 0.2) is 0 Å². The number of aromatic nitrogens is 1. The Hall–Kier alpha value is -2.06. The van der Waals surface area contributed by atoms with E-state index in [4.69, 9.17) is 11.6 Å². The second-order valence-electron chi connectivity index (χ2n) is 7.51. The van der Waals surface area contributed by atoms with Gasteiger partial charge in [-0.05, 0) is 55.3 Å². The number of nitrogens with zero attached hydrogens (tertiary/aromatic N) is 2. The van der Waals surface area contributed by atoms with Crippen molar-refractivity contribution in [2.24, 2.45) is 0 Å². The third-order valence-corrected chi connectivity index (χ3v) is 8.72. The summed E-state index contributed by atoms with van der Waals surface area (Å²) < 4.78 is 26.2. The fraction of sp³-hybridized carbons (Fsp3) is 0.261. The minimum absolute atomic E-state index is 0.199. The number of halogens is 1. The Balaban J connectivity index is 1.55. The molecule has 0 amide bonds. The number of benzene rings is 2. The van der Waals surface area contributed by atoms with Crippen LogP contribution in [0.25, 0.3) is 0 Å². The maximum absolute atomic E-state index is 13.1. The van der Waals surface area contributed by atoms with Crippen molar-refractivity contribution in [2.75, 3.05) is 18.0 Å². The smallest absolute Gasteiger partial charge is 0.206 e. The van der Waals surface area contributed by atoms with Crippen molar-refractivity contribution in [2.45, 2.75) is 40.0 Å². The lowest BCUT2D eigenvalue weighted by molar-refractivity contribution is 0.282. The van der Waals surface area contributed by atoms with E-state index in [1.54, 1.807) is 55.2 Å². The summed E-state index contributed by atoms with van der Waals surface area (Å²) in [5, 5.41) is 11.9. The van der Waals surface area contributed by atoms with E-state index >= 15 is 0 Å². The molecular formula is C23H23ClN2O3S2. The van der Waals surface area contributed by atoms with Gasteiger partial charge in [-0.15, -0.1) is 11.8 Å². The maximum atomic E-state index is 13.1. The van der Waals surface area contributed by atoms with Crippen molar-refractivity contribution in [3.63, 3.8) is 0 Å². The molecule has 5 nitrogen and oxygen atoms in total. The Morgan fingerprint density at radius 2 is 2.00 bits per heavy atom. The van der Waals surface area contributed by atoms with E-state index in [0.29, 0.717) is 26.3 Å². The lowest BCUT2D eigenvalue weighted by atomic mass is 10.1. The van der Waals surface area contributed by atoms with Gasteiger partial charge in [0.05, 0.1) is 26.4 Å². The third kappa shape index (κ3) is 4.75. The van der Waals surface area contributed by atoms with Crippen LogP contribution in [0.2, 0.25) is 5.02 Å². The third-order valence-electron chi connectivity index (χ3n) is 5.39. The molecule has 2 aromatic carbocycles. The molecule has 162 valence electrons. The SMILES string of the molecule is Cc1ccccc1S(=O)(=O)c1ccc(N2CC[C@H](Sc3ccc(Cl)cn3)C2)c(CO)c1. The second kappa shape index (κ2) is 9.20. The summed E-state index contributed by atoms with van der Waals surface area (Å²) in [4.78, 5) is 7.04. The molecule has 1 aliphatic rings. The first kappa shape index (κ1) is 22.1. The molecule has 1 aliphatic heterocycles. The van der Waals surface area contributed by atoms with Crippen molar-refractivity contribution < 1.29 is 13.5 Å². The topological polar surface area (TPSA) is 70.5 Å². The lowest BCUT2D eigenvalue weighted by Crippen LogP contribution is -2.22. The predicted octanol–water partition coefficient (Wildman–Crippen LogP) is 4.74. The molecule has 2 heterocycles. The van der Waals surface area contributed by atoms with Crippen molar-refractivity contribution in [1.29, 1.82) is 0 Å². The fourth-order valence-corrected chi connectivity index (χ4v) is 6.53. The standard InChI is InChI=1S/C23H23ClN2O3S2/c1-16-4-2-3-5-22(16)31(28,29)20-7-8-21(17(12-20)15-27)26-11-10-19(14-26)30-23-9-6-18(24)13-25-23/h2-9,12-13,19,27H,10-11,14-15H2,1H3/t19-/m0/s1. The second-order valence-corrected chi connectivity index (χ2v) is 11.2. The molecule has 0 saturated carbocycles. The number of thioether (sulfide) groups is 1. The molecule has 0 unspecified atom stereocenters. The van der Waals surface area contributed by atoms with E-state index in [9.17, 15) is 13.5 Å². The van der Waals surface area contributed by atoms with Crippen LogP contribution in [-0.2, 0) is 16.4 Å². The number of hydrogen-bond acceptors (Lipinski definition) is 6. The first-order valence-corrected chi connectivity index (χ1v) is 12.7. The highest BCUT2D eigenvalue weighted by molar-refractivity contribution is 7.99. The molecule has 8 heteroatoms. The van der Waals surface area contributed by atoms with E-state index < -0.39 is 9.84 Å². The van der Waals surface area contributed by atoms with E-state index in [1.165, 1.54) is 0 Å². The molecule has 1 atom stereocenters. The highest BCUT2D eigenvalue weighted by Gasteiger charge is 2.27. The van der Waals surface area contributed by atoms with Crippen molar-refractivity contribution in [3.05, 3.63) is 76.9 Å². The van der Waals surface area contributed by atoms with Crippen molar-refractivity contribution >= 4 is 38.9 Å². The number of anilines is 1. The fourth-order valence-electron chi connectivity index (χ4n) is 3.80. The summed E-state index contributed by atoms with van der Waals surface area (Å²) in [6.45, 7) is 3.19. The Morgan fingerprint density at radius 3 is 2.71 bits per heavy atom. The normalized spacial score (nSPS) is 16.6. The van der Waals surface area contributed by atoms with Crippen molar-refractivity contribution in [3.8, 4) is 0 Å². The molecule has 0 spiro atoms. The number of pyridine rings is 1. The summed E-state index contributed by atoms with van der Waals surface area (Å²) >= 11 is 7.62. The summed E-state index contributed by atoms with van der Waals surface area (Å²) in [6, 6.07) is 15.7. The van der Waals surface area contributed by atoms with E-state index in [-0.39, 0.29) is 11.5 Å². The van der Waals surface area contributed by atoms with Crippen LogP contribution < -0.4 is 4.90 Å². The van der Waals surface area contributed by atoms with Gasteiger partial charge in [0.2, 0.25) is 9.84 Å². The summed E-state index contributed by atoms with van der Waals surface area (Å²) in [7, 11) is -3.65. The Bertz CT molecular complexity index is 1180. The molecular weight excluding hydrogens is 452 g/mol. The predicted molar refractivity (Wildman–Crippen MR) is 125 cm³/mol. The first-order valence-electron chi connectivity index (χ1n) is 9.96. The largest absolute Gasteiger partial charge is 0.392 e. The molecule has 0 radical (unpaired) electrons. The van der Waals surface area contributed by atoms with E-state index in [1.807, 2.05) is 24.3 Å². The zero-order chi connectivity index (χ0) is 22.0. The van der Waals surface area contributed by atoms with Gasteiger partial charge >= 0.3 is 0 Å². The number of rotatable bonds is 6. The van der Waals surface area contributed by atoms with Crippen LogP contribution in [0.1, 0.15) is 17.5 Å². The minimum atomic E-state index is -3.65. The van der Waals surface area contributed by atoms with Gasteiger partial charge < -0.3 is 10.0 Å². The van der Waals surface area contributed by atoms with Crippen LogP contribution in [0.4, 0.5) is 5.69 Å². The molecule has 3 aromatic rings. The Morgan fingerprint density at radius 1 is 1.19 bits per heavy atom. The highest BCUT2D eigenvalue weighted by Crippen LogP contribution is 2.34. The number of sulfone groups is 1. The van der Waals surface area contributed by atoms with Crippen LogP contribution in [0.5, 0.6) is 0 Å². The Kier molecular flexibility index (Phi) is 6.57. The quantitative estimate of drug-likeness (QED) is 0.556. The van der Waals surface area contributed by atoms with Gasteiger partial charge in [-0.1, -0.05) is 29.8 Å². The summed E-state index contributed by atoms with van der Waals surface area (Å²) in [5.41, 5.74) is 2.19. The zero-order valence-electron chi connectivity index (χ0n) is 17.0. The van der Waals surface area contributed by atoms with Gasteiger partial charge in [-0.25, -0.2) is 13.4 Å². The van der Waals surface area contributed by atoms with Crippen LogP contribution in [-0.4, -0.2) is 36.8 Å². The average Bonchev–Trinajstić information content (AvgIpc) is 3.23. The van der Waals surface area contributed by atoms with E-state index in [0.717, 1.165) is 30.2 Å². The molecule has 1 aromatic heterocycles. The first-order chi connectivity index (χ1) is 14.9. The number of aliphatic hydroxyl groups excluding tert-OH is 1. The van der Waals surface area contributed by atoms with Gasteiger partial charge in [0.25, 0.3) is 0 Å². The molecule has 1 N–H and O–H groups in total. The number of hydrogen-bond donors (Lipinski definition) is 1. The lowest BCUT2D eigenvalue weighted by Gasteiger charge is -2.22. The highest BCUT2D eigenvalue weighted by atomic mass is 35.5. The maximum Gasteiger partial charge on any atom is 0.206 e. The molecule has 1 saturated heterocycles. The van der Waals surface area contributed by atoms with Gasteiger partial charge in [-0.2, -0.15) is 0 Å². The molecule has 4 rings (SSSR count). The number of aryl methyl sites for hydroxylation is 1. The monoisotopic (exact) mass is 474 g/mol. The van der Waals surface area contributed by atoms with Gasteiger partial charge in [-0.3, -0.25) is 0 Å². The average molecular weight is 475 g/mol. The summed E-state index contributed by atoms with van der Waals surface area (Å²) in [6.07, 6.45) is 2.62. The van der Waals surface area contributed by atoms with Crippen LogP contribution in [0, 0.1) is 6.92 Å². The van der Waals surface area contributed by atoms with Crippen LogP contribution in [0.15, 0.2) is 75.6 Å². The van der Waals surface area contributed by atoms with Crippen LogP contribution >= 0.6 is 23.4 Å².